The number of Topliss-reactive ketones (excluding diaryl/α,β-unsaturated/α-hetero) is 2. The van der Waals surface area contributed by atoms with E-state index in [4.69, 9.17) is 9.47 Å². The Morgan fingerprint density at radius 1 is 0.565 bits per heavy atom. The standard InChI is InChI=1S/C40H54O6/c1-37-17-13-25(21-23(37)5-7-27-29-9-11-33(41)39(29,3)19-15-31(27)37)45-35(43)36(44)46-26-14-18-38(2)24(22-26)6-8-28-30-10-12-34(42)40(30,4)20-16-32(28)38/h5-6,25-32H,7-22H2,1-4H3/t25-,26-,27-,28-,29-,30-,31-,32-,37-,38-,39-,40-/m0/s1. The molecule has 0 aromatic rings. The van der Waals surface area contributed by atoms with Crippen molar-refractivity contribution in [3.8, 4) is 0 Å². The third-order valence-electron chi connectivity index (χ3n) is 16.2. The van der Waals surface area contributed by atoms with E-state index < -0.39 is 11.9 Å². The van der Waals surface area contributed by atoms with Crippen LogP contribution >= 0.6 is 0 Å². The molecule has 0 aromatic heterocycles. The first-order chi connectivity index (χ1) is 21.9. The number of ether oxygens (including phenoxy) is 2. The van der Waals surface area contributed by atoms with Crippen LogP contribution in [0.25, 0.3) is 0 Å². The van der Waals surface area contributed by atoms with Crippen molar-refractivity contribution in [2.45, 2.75) is 143 Å². The van der Waals surface area contributed by atoms with Crippen molar-refractivity contribution >= 4 is 23.5 Å². The van der Waals surface area contributed by atoms with E-state index in [2.05, 4.69) is 39.8 Å². The van der Waals surface area contributed by atoms with Crippen molar-refractivity contribution in [3.05, 3.63) is 23.3 Å². The summed E-state index contributed by atoms with van der Waals surface area (Å²) in [6, 6.07) is 0. The van der Waals surface area contributed by atoms with Crippen molar-refractivity contribution in [3.63, 3.8) is 0 Å². The van der Waals surface area contributed by atoms with Gasteiger partial charge in [-0.2, -0.15) is 0 Å². The molecule has 250 valence electrons. The molecule has 8 aliphatic carbocycles. The van der Waals surface area contributed by atoms with Gasteiger partial charge < -0.3 is 9.47 Å². The van der Waals surface area contributed by atoms with Crippen LogP contribution in [0.4, 0.5) is 0 Å². The summed E-state index contributed by atoms with van der Waals surface area (Å²) in [7, 11) is 0. The van der Waals surface area contributed by atoms with E-state index in [1.54, 1.807) is 0 Å². The quantitative estimate of drug-likeness (QED) is 0.175. The Bertz CT molecular complexity index is 1320. The molecule has 0 heterocycles. The Hall–Kier alpha value is -2.24. The summed E-state index contributed by atoms with van der Waals surface area (Å²) >= 11 is 0. The normalized spacial score (nSPS) is 49.2. The Balaban J connectivity index is 0.876. The molecule has 0 radical (unpaired) electrons. The molecule has 0 N–H and O–H groups in total. The minimum absolute atomic E-state index is 0.0883. The topological polar surface area (TPSA) is 86.7 Å². The van der Waals surface area contributed by atoms with Gasteiger partial charge in [0.05, 0.1) is 0 Å². The Kier molecular flexibility index (Phi) is 7.18. The summed E-state index contributed by atoms with van der Waals surface area (Å²) in [5.41, 5.74) is 2.70. The van der Waals surface area contributed by atoms with Gasteiger partial charge in [0.2, 0.25) is 0 Å². The second-order valence-electron chi connectivity index (χ2n) is 17.9. The first kappa shape index (κ1) is 31.1. The van der Waals surface area contributed by atoms with Crippen molar-refractivity contribution in [2.24, 2.45) is 57.2 Å². The number of ketones is 2. The fraction of sp³-hybridized carbons (Fsp3) is 0.800. The van der Waals surface area contributed by atoms with E-state index in [0.29, 0.717) is 59.9 Å². The number of hydrogen-bond donors (Lipinski definition) is 0. The lowest BCUT2D eigenvalue weighted by atomic mass is 9.48. The fourth-order valence-corrected chi connectivity index (χ4v) is 13.4. The maximum absolute atomic E-state index is 13.0. The minimum Gasteiger partial charge on any atom is -0.454 e. The molecule has 8 rings (SSSR count). The highest BCUT2D eigenvalue weighted by Crippen LogP contribution is 2.65. The molecule has 0 unspecified atom stereocenters. The Morgan fingerprint density at radius 3 is 1.35 bits per heavy atom. The lowest BCUT2D eigenvalue weighted by Gasteiger charge is -2.57. The van der Waals surface area contributed by atoms with Gasteiger partial charge in [-0.15, -0.1) is 0 Å². The molecule has 6 saturated carbocycles. The van der Waals surface area contributed by atoms with E-state index in [0.717, 1.165) is 89.9 Å². The van der Waals surface area contributed by atoms with Gasteiger partial charge >= 0.3 is 11.9 Å². The third-order valence-corrected chi connectivity index (χ3v) is 16.2. The summed E-state index contributed by atoms with van der Waals surface area (Å²) in [5.74, 6) is 2.57. The number of rotatable bonds is 2. The van der Waals surface area contributed by atoms with E-state index in [9.17, 15) is 19.2 Å². The smallest absolute Gasteiger partial charge is 0.417 e. The van der Waals surface area contributed by atoms with Crippen LogP contribution in [0.1, 0.15) is 130 Å². The lowest BCUT2D eigenvalue weighted by Crippen LogP contribution is -2.51. The minimum atomic E-state index is -0.843. The zero-order valence-electron chi connectivity index (χ0n) is 28.5. The molecule has 6 heteroatoms. The molecular weight excluding hydrogens is 576 g/mol. The first-order valence-corrected chi connectivity index (χ1v) is 18.7. The van der Waals surface area contributed by atoms with Crippen molar-refractivity contribution in [1.82, 2.24) is 0 Å². The molecule has 0 aliphatic heterocycles. The van der Waals surface area contributed by atoms with Crippen LogP contribution in [0, 0.1) is 57.2 Å². The predicted octanol–water partition coefficient (Wildman–Crippen LogP) is 7.87. The number of hydrogen-bond acceptors (Lipinski definition) is 6. The number of fused-ring (bicyclic) bond motifs is 10. The molecule has 8 aliphatic rings. The number of carbonyl (C=O) groups is 4. The largest absolute Gasteiger partial charge is 0.454 e. The number of esters is 2. The summed E-state index contributed by atoms with van der Waals surface area (Å²) in [5, 5.41) is 0. The van der Waals surface area contributed by atoms with Crippen LogP contribution in [0.3, 0.4) is 0 Å². The SMILES string of the molecule is C[C@]12CC[C@H](OC(=O)C(=O)O[C@H]3CC[C@@]4(C)C(=CC[C@@H]5[C@@H]4CC[C@]4(C)C(=O)CC[C@@H]54)C3)CC1=CC[C@@H]1[C@@H]2CC[C@]2(C)C(=O)CC[C@@H]12. The van der Waals surface area contributed by atoms with Crippen LogP contribution in [0.2, 0.25) is 0 Å². The van der Waals surface area contributed by atoms with Gasteiger partial charge in [0.1, 0.15) is 23.8 Å². The molecule has 6 nitrogen and oxygen atoms in total. The molecule has 6 fully saturated rings. The predicted molar refractivity (Wildman–Crippen MR) is 173 cm³/mol. The maximum Gasteiger partial charge on any atom is 0.417 e. The van der Waals surface area contributed by atoms with E-state index in [-0.39, 0.29) is 33.9 Å². The highest BCUT2D eigenvalue weighted by atomic mass is 16.6. The maximum atomic E-state index is 13.0. The zero-order chi connectivity index (χ0) is 32.2. The van der Waals surface area contributed by atoms with Crippen LogP contribution in [0.15, 0.2) is 23.3 Å². The van der Waals surface area contributed by atoms with Gasteiger partial charge in [-0.25, -0.2) is 9.59 Å². The lowest BCUT2D eigenvalue weighted by molar-refractivity contribution is -0.176. The highest BCUT2D eigenvalue weighted by molar-refractivity contribution is 6.29. The van der Waals surface area contributed by atoms with Crippen LogP contribution in [0.5, 0.6) is 0 Å². The van der Waals surface area contributed by atoms with Gasteiger partial charge in [-0.3, -0.25) is 9.59 Å². The molecule has 0 amide bonds. The molecule has 12 atom stereocenters. The summed E-state index contributed by atoms with van der Waals surface area (Å²) in [6.07, 6.45) is 18.9. The highest BCUT2D eigenvalue weighted by Gasteiger charge is 2.60. The van der Waals surface area contributed by atoms with E-state index >= 15 is 0 Å². The second kappa shape index (κ2) is 10.6. The first-order valence-electron chi connectivity index (χ1n) is 18.7. The number of allylic oxidation sites excluding steroid dienone is 2. The number of carbonyl (C=O) groups excluding carboxylic acids is 4. The Morgan fingerprint density at radius 2 is 0.935 bits per heavy atom. The molecule has 0 spiro atoms. The average Bonchev–Trinajstić information content (AvgIpc) is 3.51. The van der Waals surface area contributed by atoms with Crippen LogP contribution < -0.4 is 0 Å². The second-order valence-corrected chi connectivity index (χ2v) is 17.9. The summed E-state index contributed by atoms with van der Waals surface area (Å²) in [4.78, 5) is 51.6. The van der Waals surface area contributed by atoms with Crippen LogP contribution in [-0.2, 0) is 28.7 Å². The van der Waals surface area contributed by atoms with Gasteiger partial charge in [0.25, 0.3) is 0 Å². The Labute approximate surface area is 274 Å². The summed E-state index contributed by atoms with van der Waals surface area (Å²) in [6.45, 7) is 9.25. The average molecular weight is 631 g/mol. The molecule has 0 aromatic carbocycles. The van der Waals surface area contributed by atoms with Gasteiger partial charge in [-0.1, -0.05) is 51.0 Å². The monoisotopic (exact) mass is 630 g/mol. The van der Waals surface area contributed by atoms with Gasteiger partial charge in [0.15, 0.2) is 0 Å². The molecule has 0 saturated heterocycles. The third kappa shape index (κ3) is 4.39. The zero-order valence-corrected chi connectivity index (χ0v) is 28.5. The van der Waals surface area contributed by atoms with Crippen molar-refractivity contribution in [2.75, 3.05) is 0 Å². The van der Waals surface area contributed by atoms with E-state index in [1.807, 2.05) is 0 Å². The van der Waals surface area contributed by atoms with Gasteiger partial charge in [0, 0.05) is 36.5 Å². The van der Waals surface area contributed by atoms with Crippen LogP contribution in [-0.4, -0.2) is 35.7 Å². The van der Waals surface area contributed by atoms with E-state index in [1.165, 1.54) is 11.1 Å². The summed E-state index contributed by atoms with van der Waals surface area (Å²) < 4.78 is 11.7. The van der Waals surface area contributed by atoms with Gasteiger partial charge in [-0.05, 0) is 123 Å². The van der Waals surface area contributed by atoms with Crippen molar-refractivity contribution in [1.29, 1.82) is 0 Å². The molecule has 0 bridgehead atoms. The van der Waals surface area contributed by atoms with Crippen molar-refractivity contribution < 1.29 is 28.7 Å². The fourth-order valence-electron chi connectivity index (χ4n) is 13.4. The molecular formula is C40H54O6. The molecule has 46 heavy (non-hydrogen) atoms.